The van der Waals surface area contributed by atoms with Crippen molar-refractivity contribution in [1.29, 1.82) is 0 Å². The first kappa shape index (κ1) is 10.7. The summed E-state index contributed by atoms with van der Waals surface area (Å²) in [5.41, 5.74) is 3.40. The van der Waals surface area contributed by atoms with Gasteiger partial charge in [-0.25, -0.2) is 0 Å². The quantitative estimate of drug-likeness (QED) is 0.613. The molecule has 0 amide bonds. The molecule has 2 heteroatoms. The van der Waals surface area contributed by atoms with Gasteiger partial charge in [0.1, 0.15) is 5.75 Å². The fourth-order valence-corrected chi connectivity index (χ4v) is 0.942. The van der Waals surface area contributed by atoms with Crippen molar-refractivity contribution in [3.63, 3.8) is 0 Å². The summed E-state index contributed by atoms with van der Waals surface area (Å²) in [7, 11) is 0. The number of aryl methyl sites for hydroxylation is 1. The van der Waals surface area contributed by atoms with Crippen molar-refractivity contribution in [3.05, 3.63) is 28.8 Å². The van der Waals surface area contributed by atoms with Gasteiger partial charge in [0.05, 0.1) is 0 Å². The third kappa shape index (κ3) is 2.08. The molecule has 1 aromatic rings. The van der Waals surface area contributed by atoms with Gasteiger partial charge in [-0.15, -0.1) is 0 Å². The van der Waals surface area contributed by atoms with Gasteiger partial charge in [0, 0.05) is 21.7 Å². The molecule has 58 valence electrons. The number of phenolic OH excluding ortho intramolecular Hbond substituents is 1. The molecular weight excluding hydrogens is 172 g/mol. The van der Waals surface area contributed by atoms with Gasteiger partial charge in [-0.3, -0.25) is 0 Å². The van der Waals surface area contributed by atoms with Crippen LogP contribution < -0.4 is 0 Å². The third-order valence-corrected chi connectivity index (χ3v) is 2.03. The summed E-state index contributed by atoms with van der Waals surface area (Å²) in [6.07, 6.45) is 0. The Morgan fingerprint density at radius 2 is 1.55 bits per heavy atom. The third-order valence-electron chi connectivity index (χ3n) is 2.03. The van der Waals surface area contributed by atoms with Gasteiger partial charge < -0.3 is 5.11 Å². The molecule has 0 aliphatic carbocycles. The molecule has 0 unspecified atom stereocenters. The average Bonchev–Trinajstić information content (AvgIpc) is 1.93. The second kappa shape index (κ2) is 3.94. The van der Waals surface area contributed by atoms with Crippen LogP contribution in [0.15, 0.2) is 12.1 Å². The Hall–Kier alpha value is -0.266. The molecule has 0 radical (unpaired) electrons. The Bertz CT molecular complexity index is 229. The standard InChI is InChI=1S/C9H12O.Ti/c1-6-4-5-9(10)8(3)7(6)2;/h4-5,10H,1-3H3;. The van der Waals surface area contributed by atoms with E-state index >= 15 is 0 Å². The molecule has 0 heterocycles. The van der Waals surface area contributed by atoms with E-state index in [1.165, 1.54) is 11.1 Å². The normalized spacial score (nSPS) is 9.00. The molecule has 1 N–H and O–H groups in total. The van der Waals surface area contributed by atoms with Crippen molar-refractivity contribution in [2.45, 2.75) is 20.8 Å². The SMILES string of the molecule is Cc1ccc(O)c(C)c1C.[Ti]. The Kier molecular flexibility index (Phi) is 3.84. The van der Waals surface area contributed by atoms with Gasteiger partial charge in [0.25, 0.3) is 0 Å². The van der Waals surface area contributed by atoms with E-state index in [1.54, 1.807) is 6.07 Å². The Balaban J connectivity index is 0.000001000. The maximum atomic E-state index is 9.22. The molecule has 11 heavy (non-hydrogen) atoms. The number of aromatic hydroxyl groups is 1. The summed E-state index contributed by atoms with van der Waals surface area (Å²) in [5, 5.41) is 9.22. The van der Waals surface area contributed by atoms with Crippen LogP contribution in [-0.4, -0.2) is 5.11 Å². The number of phenols is 1. The second-order valence-electron chi connectivity index (χ2n) is 2.65. The van der Waals surface area contributed by atoms with Crippen LogP contribution in [0.5, 0.6) is 5.75 Å². The molecule has 0 atom stereocenters. The van der Waals surface area contributed by atoms with Gasteiger partial charge in [-0.2, -0.15) is 0 Å². The van der Waals surface area contributed by atoms with Crippen molar-refractivity contribution in [1.82, 2.24) is 0 Å². The predicted molar refractivity (Wildman–Crippen MR) is 42.3 cm³/mol. The van der Waals surface area contributed by atoms with E-state index in [1.807, 2.05) is 26.8 Å². The predicted octanol–water partition coefficient (Wildman–Crippen LogP) is 2.31. The summed E-state index contributed by atoms with van der Waals surface area (Å²) in [4.78, 5) is 0. The minimum atomic E-state index is 0. The molecule has 0 aliphatic heterocycles. The number of benzene rings is 1. The van der Waals surface area contributed by atoms with Crippen molar-refractivity contribution in [2.24, 2.45) is 0 Å². The molecule has 0 bridgehead atoms. The molecular formula is C9H12OTi. The minimum absolute atomic E-state index is 0. The Labute approximate surface area is 82.3 Å². The van der Waals surface area contributed by atoms with Crippen LogP contribution in [-0.2, 0) is 21.7 Å². The fourth-order valence-electron chi connectivity index (χ4n) is 0.942. The van der Waals surface area contributed by atoms with Crippen LogP contribution in [0.3, 0.4) is 0 Å². The molecule has 0 aliphatic rings. The van der Waals surface area contributed by atoms with E-state index in [-0.39, 0.29) is 21.7 Å². The molecule has 0 spiro atoms. The largest absolute Gasteiger partial charge is 0.508 e. The van der Waals surface area contributed by atoms with Crippen LogP contribution >= 0.6 is 0 Å². The van der Waals surface area contributed by atoms with Gasteiger partial charge in [0.15, 0.2) is 0 Å². The number of hydrogen-bond acceptors (Lipinski definition) is 1. The van der Waals surface area contributed by atoms with Crippen LogP contribution in [0, 0.1) is 20.8 Å². The second-order valence-corrected chi connectivity index (χ2v) is 2.65. The number of hydrogen-bond donors (Lipinski definition) is 1. The Morgan fingerprint density at radius 1 is 1.00 bits per heavy atom. The topological polar surface area (TPSA) is 20.2 Å². The maximum absolute atomic E-state index is 9.22. The summed E-state index contributed by atoms with van der Waals surface area (Å²) < 4.78 is 0. The van der Waals surface area contributed by atoms with Crippen molar-refractivity contribution >= 4 is 0 Å². The van der Waals surface area contributed by atoms with Gasteiger partial charge in [-0.1, -0.05) is 6.07 Å². The first-order chi connectivity index (χ1) is 4.63. The zero-order valence-corrected chi connectivity index (χ0v) is 8.66. The molecule has 1 aromatic carbocycles. The average molecular weight is 184 g/mol. The number of rotatable bonds is 0. The van der Waals surface area contributed by atoms with Crippen molar-refractivity contribution < 1.29 is 26.8 Å². The smallest absolute Gasteiger partial charge is 0.118 e. The van der Waals surface area contributed by atoms with E-state index in [0.29, 0.717) is 5.75 Å². The molecule has 1 nitrogen and oxygen atoms in total. The van der Waals surface area contributed by atoms with E-state index in [9.17, 15) is 5.11 Å². The van der Waals surface area contributed by atoms with Gasteiger partial charge in [-0.05, 0) is 43.5 Å². The van der Waals surface area contributed by atoms with E-state index in [2.05, 4.69) is 0 Å². The van der Waals surface area contributed by atoms with Crippen LogP contribution in [0.1, 0.15) is 16.7 Å². The zero-order valence-electron chi connectivity index (χ0n) is 7.10. The van der Waals surface area contributed by atoms with E-state index < -0.39 is 0 Å². The maximum Gasteiger partial charge on any atom is 0.118 e. The summed E-state index contributed by atoms with van der Waals surface area (Å²) in [5.74, 6) is 0.392. The minimum Gasteiger partial charge on any atom is -0.508 e. The molecule has 1 rings (SSSR count). The molecule has 0 saturated heterocycles. The summed E-state index contributed by atoms with van der Waals surface area (Å²) >= 11 is 0. The molecule has 0 saturated carbocycles. The van der Waals surface area contributed by atoms with E-state index in [4.69, 9.17) is 0 Å². The van der Waals surface area contributed by atoms with Gasteiger partial charge >= 0.3 is 0 Å². The van der Waals surface area contributed by atoms with Crippen molar-refractivity contribution in [3.8, 4) is 5.75 Å². The van der Waals surface area contributed by atoms with Crippen LogP contribution in [0.25, 0.3) is 0 Å². The van der Waals surface area contributed by atoms with Crippen LogP contribution in [0.2, 0.25) is 0 Å². The first-order valence-corrected chi connectivity index (χ1v) is 3.38. The summed E-state index contributed by atoms with van der Waals surface area (Å²) in [6, 6.07) is 3.66. The van der Waals surface area contributed by atoms with E-state index in [0.717, 1.165) is 5.56 Å². The monoisotopic (exact) mass is 184 g/mol. The van der Waals surface area contributed by atoms with Gasteiger partial charge in [0.2, 0.25) is 0 Å². The van der Waals surface area contributed by atoms with Crippen LogP contribution in [0.4, 0.5) is 0 Å². The summed E-state index contributed by atoms with van der Waals surface area (Å²) in [6.45, 7) is 5.99. The zero-order chi connectivity index (χ0) is 7.72. The first-order valence-electron chi connectivity index (χ1n) is 3.38. The fraction of sp³-hybridized carbons (Fsp3) is 0.333. The molecule has 0 fully saturated rings. The molecule has 0 aromatic heterocycles. The Morgan fingerprint density at radius 3 is 2.00 bits per heavy atom. The van der Waals surface area contributed by atoms with Crippen molar-refractivity contribution in [2.75, 3.05) is 0 Å².